The first-order chi connectivity index (χ1) is 20.4. The van der Waals surface area contributed by atoms with Gasteiger partial charge in [0.05, 0.1) is 23.2 Å². The second-order valence-corrected chi connectivity index (χ2v) is 12.3. The summed E-state index contributed by atoms with van der Waals surface area (Å²) in [7, 11) is 0. The van der Waals surface area contributed by atoms with Crippen LogP contribution in [0.15, 0.2) is 60.7 Å². The maximum absolute atomic E-state index is 14.0. The van der Waals surface area contributed by atoms with Gasteiger partial charge in [-0.25, -0.2) is 0 Å². The maximum Gasteiger partial charge on any atom is 0.231 e. The first-order valence-corrected chi connectivity index (χ1v) is 15.4. The van der Waals surface area contributed by atoms with Crippen LogP contribution in [0.5, 0.6) is 11.5 Å². The minimum absolute atomic E-state index is 0.0545. The van der Waals surface area contributed by atoms with Gasteiger partial charge in [0.1, 0.15) is 11.5 Å². The number of piperidine rings is 1. The van der Waals surface area contributed by atoms with Crippen molar-refractivity contribution in [1.29, 1.82) is 0 Å². The molecule has 0 radical (unpaired) electrons. The quantitative estimate of drug-likeness (QED) is 0.261. The van der Waals surface area contributed by atoms with Crippen molar-refractivity contribution in [3.8, 4) is 11.5 Å². The number of phenolic OH excluding ortho intramolecular Hbond substituents is 2. The fourth-order valence-corrected chi connectivity index (χ4v) is 7.79. The second kappa shape index (κ2) is 10.6. The highest BCUT2D eigenvalue weighted by molar-refractivity contribution is 6.19. The van der Waals surface area contributed by atoms with Crippen LogP contribution in [0.1, 0.15) is 29.4 Å². The summed E-state index contributed by atoms with van der Waals surface area (Å²) in [6.45, 7) is 1.80. The van der Waals surface area contributed by atoms with E-state index in [1.165, 1.54) is 0 Å². The SMILES string of the molecule is O=C(C1CNCC(C(=O)N2CC(CCl)c3c2cc(O)c2ccccc32)C1)N1CC(CCl)c2c1cc(O)c1ccccc21. The van der Waals surface area contributed by atoms with Crippen LogP contribution in [0, 0.1) is 11.8 Å². The van der Waals surface area contributed by atoms with Gasteiger partial charge in [0, 0.05) is 72.7 Å². The minimum Gasteiger partial charge on any atom is -0.507 e. The molecule has 0 spiro atoms. The monoisotopic (exact) mass is 603 g/mol. The molecule has 3 aliphatic heterocycles. The van der Waals surface area contributed by atoms with Gasteiger partial charge in [0.15, 0.2) is 0 Å². The standard InChI is InChI=1S/C33H31Cl2N3O4/c34-12-20-16-37(26-10-28(39)22-5-1-3-7-24(22)30(20)26)32(41)18-9-19(15-36-14-18)33(42)38-17-21(13-35)31-25-8-4-2-6-23(25)29(40)11-27(31)38/h1-8,10-11,18-21,36,39-40H,9,12-17H2. The van der Waals surface area contributed by atoms with Crippen LogP contribution in [0.2, 0.25) is 0 Å². The highest BCUT2D eigenvalue weighted by Gasteiger charge is 2.42. The molecular formula is C33H31Cl2N3O4. The molecule has 3 heterocycles. The fourth-order valence-electron chi connectivity index (χ4n) is 7.28. The van der Waals surface area contributed by atoms with Gasteiger partial charge in [-0.1, -0.05) is 48.5 Å². The maximum atomic E-state index is 14.0. The number of halogens is 2. The molecule has 4 aromatic carbocycles. The normalized spacial score (nSPS) is 23.4. The van der Waals surface area contributed by atoms with Crippen molar-refractivity contribution >= 4 is 67.9 Å². The van der Waals surface area contributed by atoms with E-state index in [1.807, 2.05) is 48.5 Å². The Kier molecular flexibility index (Phi) is 6.92. The van der Waals surface area contributed by atoms with E-state index in [4.69, 9.17) is 23.2 Å². The minimum atomic E-state index is -0.417. The number of hydrogen-bond acceptors (Lipinski definition) is 5. The van der Waals surface area contributed by atoms with Crippen LogP contribution < -0.4 is 15.1 Å². The summed E-state index contributed by atoms with van der Waals surface area (Å²) in [5, 5.41) is 28.2. The third-order valence-electron chi connectivity index (χ3n) is 9.24. The summed E-state index contributed by atoms with van der Waals surface area (Å²) < 4.78 is 0. The molecule has 7 rings (SSSR count). The number of rotatable bonds is 4. The molecule has 4 atom stereocenters. The summed E-state index contributed by atoms with van der Waals surface area (Å²) in [6.07, 6.45) is 0.401. The van der Waals surface area contributed by atoms with Crippen molar-refractivity contribution in [3.05, 3.63) is 71.8 Å². The molecular weight excluding hydrogens is 573 g/mol. The number of fused-ring (bicyclic) bond motifs is 6. The molecule has 1 fully saturated rings. The zero-order valence-corrected chi connectivity index (χ0v) is 24.4. The topological polar surface area (TPSA) is 93.1 Å². The summed E-state index contributed by atoms with van der Waals surface area (Å²) in [5.74, 6) is -0.129. The van der Waals surface area contributed by atoms with E-state index in [-0.39, 0.29) is 35.1 Å². The Labute approximate surface area is 253 Å². The van der Waals surface area contributed by atoms with Crippen molar-refractivity contribution < 1.29 is 19.8 Å². The van der Waals surface area contributed by atoms with Crippen molar-refractivity contribution in [1.82, 2.24) is 5.32 Å². The molecule has 4 unspecified atom stereocenters. The van der Waals surface area contributed by atoms with Crippen LogP contribution in [-0.4, -0.2) is 60.0 Å². The summed E-state index contributed by atoms with van der Waals surface area (Å²) in [4.78, 5) is 31.6. The zero-order chi connectivity index (χ0) is 29.1. The molecule has 3 aliphatic rings. The van der Waals surface area contributed by atoms with Crippen molar-refractivity contribution in [2.24, 2.45) is 11.8 Å². The molecule has 3 N–H and O–H groups in total. The number of nitrogens with one attached hydrogen (secondary N) is 1. The Morgan fingerprint density at radius 2 is 1.12 bits per heavy atom. The second-order valence-electron chi connectivity index (χ2n) is 11.6. The highest BCUT2D eigenvalue weighted by atomic mass is 35.5. The van der Waals surface area contributed by atoms with Gasteiger partial charge in [-0.3, -0.25) is 9.59 Å². The number of amides is 2. The predicted octanol–water partition coefficient (Wildman–Crippen LogP) is 5.67. The predicted molar refractivity (Wildman–Crippen MR) is 167 cm³/mol. The average molecular weight is 605 g/mol. The lowest BCUT2D eigenvalue weighted by molar-refractivity contribution is -0.126. The Bertz CT molecular complexity index is 1620. The van der Waals surface area contributed by atoms with E-state index < -0.39 is 11.8 Å². The molecule has 0 saturated carbocycles. The third kappa shape index (κ3) is 4.21. The number of benzene rings is 4. The molecule has 216 valence electrons. The van der Waals surface area contributed by atoms with Gasteiger partial charge in [-0.2, -0.15) is 0 Å². The lowest BCUT2D eigenvalue weighted by atomic mass is 9.88. The third-order valence-corrected chi connectivity index (χ3v) is 9.99. The lowest BCUT2D eigenvalue weighted by Crippen LogP contribution is -2.50. The van der Waals surface area contributed by atoms with Gasteiger partial charge >= 0.3 is 0 Å². The summed E-state index contributed by atoms with van der Waals surface area (Å²) in [6, 6.07) is 18.6. The fraction of sp³-hybridized carbons (Fsp3) is 0.333. The number of carbonyl (C=O) groups excluding carboxylic acids is 2. The number of hydrogen-bond donors (Lipinski definition) is 3. The van der Waals surface area contributed by atoms with Crippen molar-refractivity contribution in [2.75, 3.05) is 47.7 Å². The van der Waals surface area contributed by atoms with Crippen molar-refractivity contribution in [2.45, 2.75) is 18.3 Å². The van der Waals surface area contributed by atoms with Gasteiger partial charge < -0.3 is 25.3 Å². The number of anilines is 2. The summed E-state index contributed by atoms with van der Waals surface area (Å²) in [5.41, 5.74) is 3.35. The Morgan fingerprint density at radius 1 is 0.714 bits per heavy atom. The Hall–Kier alpha value is -3.52. The van der Waals surface area contributed by atoms with Crippen LogP contribution in [0.3, 0.4) is 0 Å². The molecule has 2 amide bonds. The first kappa shape index (κ1) is 27.3. The number of nitrogens with zero attached hydrogens (tertiary/aromatic N) is 2. The number of aromatic hydroxyl groups is 2. The van der Waals surface area contributed by atoms with Gasteiger partial charge in [-0.05, 0) is 28.3 Å². The van der Waals surface area contributed by atoms with E-state index in [1.54, 1.807) is 21.9 Å². The van der Waals surface area contributed by atoms with Crippen LogP contribution >= 0.6 is 23.2 Å². The van der Waals surface area contributed by atoms with Crippen LogP contribution in [0.4, 0.5) is 11.4 Å². The van der Waals surface area contributed by atoms with Gasteiger partial charge in [0.2, 0.25) is 11.8 Å². The Balaban J connectivity index is 1.17. The molecule has 9 heteroatoms. The van der Waals surface area contributed by atoms with Gasteiger partial charge in [-0.15, -0.1) is 23.2 Å². The molecule has 4 aromatic rings. The van der Waals surface area contributed by atoms with Gasteiger partial charge in [0.25, 0.3) is 0 Å². The van der Waals surface area contributed by atoms with E-state index in [9.17, 15) is 19.8 Å². The number of carbonyl (C=O) groups is 2. The average Bonchev–Trinajstić information content (AvgIpc) is 3.59. The van der Waals surface area contributed by atoms with Crippen LogP contribution in [-0.2, 0) is 9.59 Å². The first-order valence-electron chi connectivity index (χ1n) is 14.4. The Morgan fingerprint density at radius 3 is 1.52 bits per heavy atom. The molecule has 0 aliphatic carbocycles. The lowest BCUT2D eigenvalue weighted by Gasteiger charge is -2.33. The van der Waals surface area contributed by atoms with E-state index in [0.29, 0.717) is 55.7 Å². The summed E-state index contributed by atoms with van der Waals surface area (Å²) >= 11 is 12.8. The highest BCUT2D eigenvalue weighted by Crippen LogP contribution is 2.47. The largest absolute Gasteiger partial charge is 0.507 e. The molecule has 42 heavy (non-hydrogen) atoms. The molecule has 7 nitrogen and oxygen atoms in total. The number of phenols is 2. The van der Waals surface area contributed by atoms with E-state index in [2.05, 4.69) is 5.32 Å². The van der Waals surface area contributed by atoms with Crippen LogP contribution in [0.25, 0.3) is 21.5 Å². The van der Waals surface area contributed by atoms with E-state index >= 15 is 0 Å². The molecule has 0 aromatic heterocycles. The zero-order valence-electron chi connectivity index (χ0n) is 22.9. The molecule has 1 saturated heterocycles. The van der Waals surface area contributed by atoms with Crippen molar-refractivity contribution in [3.63, 3.8) is 0 Å². The molecule has 0 bridgehead atoms. The van der Waals surface area contributed by atoms with E-state index in [0.717, 1.165) is 32.7 Å². The number of alkyl halides is 2. The smallest absolute Gasteiger partial charge is 0.231 e.